The molecule has 0 saturated carbocycles. The lowest BCUT2D eigenvalue weighted by Gasteiger charge is -2.14. The number of aromatic amines is 1. The van der Waals surface area contributed by atoms with Gasteiger partial charge in [-0.15, -0.1) is 0 Å². The molecule has 2 aromatic heterocycles. The zero-order valence-electron chi connectivity index (χ0n) is 17.1. The van der Waals surface area contributed by atoms with E-state index in [0.29, 0.717) is 11.1 Å². The Bertz CT molecular complexity index is 1490. The van der Waals surface area contributed by atoms with Gasteiger partial charge in [-0.2, -0.15) is 13.2 Å². The SMILES string of the molecule is CS(=O)(=O)c1cccc(NC(O)c2cc3ccc(=O)n(-c4ccc(C(F)(F)F)cc4)c3[nH]2)c1. The first-order chi connectivity index (χ1) is 15.4. The minimum atomic E-state index is -4.50. The fourth-order valence-electron chi connectivity index (χ4n) is 3.39. The Morgan fingerprint density at radius 3 is 2.36 bits per heavy atom. The van der Waals surface area contributed by atoms with Crippen molar-refractivity contribution in [1.82, 2.24) is 9.55 Å². The number of aromatic nitrogens is 2. The standard InChI is InChI=1S/C22H18F3N3O4S/c1-33(31,32)17-4-2-3-15(12-17)26-21(30)18-11-13-5-10-19(29)28(20(13)27-18)16-8-6-14(7-9-16)22(23,24)25/h2-12,21,26-27,30H,1H3. The normalized spacial score (nSPS) is 13.2. The molecule has 1 unspecified atom stereocenters. The number of nitrogens with zero attached hydrogens (tertiary/aromatic N) is 1. The molecule has 11 heteroatoms. The molecule has 4 rings (SSSR count). The Labute approximate surface area is 186 Å². The Balaban J connectivity index is 1.70. The van der Waals surface area contributed by atoms with E-state index in [1.807, 2.05) is 0 Å². The Morgan fingerprint density at radius 1 is 1.03 bits per heavy atom. The second kappa shape index (κ2) is 8.09. The molecule has 7 nitrogen and oxygen atoms in total. The second-order valence-electron chi connectivity index (χ2n) is 7.43. The van der Waals surface area contributed by atoms with Crippen molar-refractivity contribution in [2.24, 2.45) is 0 Å². The van der Waals surface area contributed by atoms with Crippen LogP contribution in [-0.2, 0) is 16.0 Å². The predicted molar refractivity (Wildman–Crippen MR) is 117 cm³/mol. The summed E-state index contributed by atoms with van der Waals surface area (Å²) in [6, 6.07) is 14.4. The summed E-state index contributed by atoms with van der Waals surface area (Å²) >= 11 is 0. The first-order valence-corrected chi connectivity index (χ1v) is 11.5. The maximum Gasteiger partial charge on any atom is 0.416 e. The number of alkyl halides is 3. The van der Waals surface area contributed by atoms with Crippen LogP contribution < -0.4 is 10.9 Å². The molecule has 0 spiro atoms. The zero-order valence-corrected chi connectivity index (χ0v) is 17.9. The lowest BCUT2D eigenvalue weighted by atomic mass is 10.2. The van der Waals surface area contributed by atoms with E-state index in [4.69, 9.17) is 0 Å². The number of benzene rings is 2. The van der Waals surface area contributed by atoms with Crippen molar-refractivity contribution in [2.45, 2.75) is 17.3 Å². The molecule has 0 aliphatic heterocycles. The number of aliphatic hydroxyl groups is 1. The minimum absolute atomic E-state index is 0.0764. The summed E-state index contributed by atoms with van der Waals surface area (Å²) in [4.78, 5) is 15.5. The Hall–Kier alpha value is -3.57. The molecule has 0 bridgehead atoms. The van der Waals surface area contributed by atoms with Crippen molar-refractivity contribution in [3.05, 3.63) is 88.3 Å². The van der Waals surface area contributed by atoms with E-state index in [1.54, 1.807) is 12.1 Å². The molecule has 0 aliphatic rings. The highest BCUT2D eigenvalue weighted by Gasteiger charge is 2.30. The van der Waals surface area contributed by atoms with Gasteiger partial charge in [-0.1, -0.05) is 6.07 Å². The maximum absolute atomic E-state index is 12.9. The van der Waals surface area contributed by atoms with E-state index in [1.165, 1.54) is 47.0 Å². The highest BCUT2D eigenvalue weighted by Crippen LogP contribution is 2.30. The third kappa shape index (κ3) is 4.64. The molecule has 0 amide bonds. The van der Waals surface area contributed by atoms with Crippen LogP contribution in [0.1, 0.15) is 17.5 Å². The molecular weight excluding hydrogens is 459 g/mol. The molecule has 0 aliphatic carbocycles. The molecule has 2 aromatic carbocycles. The number of hydrogen-bond acceptors (Lipinski definition) is 5. The molecule has 2 heterocycles. The number of hydrogen-bond donors (Lipinski definition) is 3. The topological polar surface area (TPSA) is 104 Å². The lowest BCUT2D eigenvalue weighted by molar-refractivity contribution is -0.137. The van der Waals surface area contributed by atoms with Crippen LogP contribution in [0.3, 0.4) is 0 Å². The number of sulfone groups is 1. The molecular formula is C22H18F3N3O4S. The van der Waals surface area contributed by atoms with E-state index < -0.39 is 33.4 Å². The second-order valence-corrected chi connectivity index (χ2v) is 9.44. The van der Waals surface area contributed by atoms with Gasteiger partial charge in [0.15, 0.2) is 16.1 Å². The van der Waals surface area contributed by atoms with E-state index in [9.17, 15) is 31.5 Å². The number of H-pyrrole nitrogens is 1. The van der Waals surface area contributed by atoms with Crippen molar-refractivity contribution in [3.63, 3.8) is 0 Å². The summed E-state index contributed by atoms with van der Waals surface area (Å²) < 4.78 is 63.3. The summed E-state index contributed by atoms with van der Waals surface area (Å²) in [5.74, 6) is 0. The van der Waals surface area contributed by atoms with Crippen molar-refractivity contribution in [3.8, 4) is 5.69 Å². The fraction of sp³-hybridized carbons (Fsp3) is 0.136. The quantitative estimate of drug-likeness (QED) is 0.379. The van der Waals surface area contributed by atoms with Crippen LogP contribution in [0.15, 0.2) is 76.4 Å². The van der Waals surface area contributed by atoms with E-state index in [0.717, 1.165) is 18.4 Å². The third-order valence-corrected chi connectivity index (χ3v) is 6.12. The van der Waals surface area contributed by atoms with Gasteiger partial charge in [0.25, 0.3) is 5.56 Å². The first-order valence-electron chi connectivity index (χ1n) is 9.60. The molecule has 172 valence electrons. The smallest absolute Gasteiger partial charge is 0.368 e. The highest BCUT2D eigenvalue weighted by atomic mass is 32.2. The zero-order chi connectivity index (χ0) is 24.0. The van der Waals surface area contributed by atoms with Gasteiger partial charge in [0.05, 0.1) is 21.8 Å². The van der Waals surface area contributed by atoms with E-state index >= 15 is 0 Å². The van der Waals surface area contributed by atoms with E-state index in [-0.39, 0.29) is 21.9 Å². The van der Waals surface area contributed by atoms with Crippen molar-refractivity contribution >= 4 is 26.6 Å². The fourth-order valence-corrected chi connectivity index (χ4v) is 4.06. The van der Waals surface area contributed by atoms with Crippen molar-refractivity contribution in [1.29, 1.82) is 0 Å². The molecule has 33 heavy (non-hydrogen) atoms. The van der Waals surface area contributed by atoms with Crippen molar-refractivity contribution in [2.75, 3.05) is 11.6 Å². The van der Waals surface area contributed by atoms with Gasteiger partial charge in [-0.3, -0.25) is 9.36 Å². The van der Waals surface area contributed by atoms with Crippen LogP contribution in [-0.4, -0.2) is 29.3 Å². The number of aliphatic hydroxyl groups excluding tert-OH is 1. The van der Waals surface area contributed by atoms with E-state index in [2.05, 4.69) is 10.3 Å². The first kappa shape index (κ1) is 22.6. The van der Waals surface area contributed by atoms with Gasteiger partial charge in [0.1, 0.15) is 5.65 Å². The number of halogens is 3. The molecule has 1 atom stereocenters. The average Bonchev–Trinajstić information content (AvgIpc) is 3.17. The molecule has 3 N–H and O–H groups in total. The minimum Gasteiger partial charge on any atom is -0.368 e. The number of pyridine rings is 1. The van der Waals surface area contributed by atoms with Gasteiger partial charge in [-0.05, 0) is 54.6 Å². The lowest BCUT2D eigenvalue weighted by Crippen LogP contribution is -2.18. The summed E-state index contributed by atoms with van der Waals surface area (Å²) in [5.41, 5.74) is -0.197. The number of anilines is 1. The van der Waals surface area contributed by atoms with Crippen LogP contribution >= 0.6 is 0 Å². The van der Waals surface area contributed by atoms with Crippen LogP contribution in [0.4, 0.5) is 18.9 Å². The number of fused-ring (bicyclic) bond motifs is 1. The van der Waals surface area contributed by atoms with Crippen LogP contribution in [0.5, 0.6) is 0 Å². The van der Waals surface area contributed by atoms with Gasteiger partial charge in [-0.25, -0.2) is 8.42 Å². The number of nitrogens with one attached hydrogen (secondary N) is 2. The Kier molecular flexibility index (Phi) is 5.54. The third-order valence-electron chi connectivity index (χ3n) is 5.01. The summed E-state index contributed by atoms with van der Waals surface area (Å²) in [6.45, 7) is 0. The predicted octanol–water partition coefficient (Wildman–Crippen LogP) is 3.84. The molecule has 0 radical (unpaired) electrons. The average molecular weight is 477 g/mol. The van der Waals surface area contributed by atoms with Gasteiger partial charge < -0.3 is 15.4 Å². The molecule has 0 fully saturated rings. The summed E-state index contributed by atoms with van der Waals surface area (Å²) in [7, 11) is -3.44. The van der Waals surface area contributed by atoms with Gasteiger partial charge >= 0.3 is 6.18 Å². The van der Waals surface area contributed by atoms with Gasteiger partial charge in [0.2, 0.25) is 0 Å². The van der Waals surface area contributed by atoms with Crippen LogP contribution in [0.25, 0.3) is 16.7 Å². The van der Waals surface area contributed by atoms with Crippen LogP contribution in [0, 0.1) is 0 Å². The van der Waals surface area contributed by atoms with Gasteiger partial charge in [0, 0.05) is 23.4 Å². The summed E-state index contributed by atoms with van der Waals surface area (Å²) in [6.07, 6.45) is -4.72. The monoisotopic (exact) mass is 477 g/mol. The largest absolute Gasteiger partial charge is 0.416 e. The molecule has 4 aromatic rings. The molecule has 0 saturated heterocycles. The maximum atomic E-state index is 12.9. The Morgan fingerprint density at radius 2 is 1.73 bits per heavy atom. The van der Waals surface area contributed by atoms with Crippen LogP contribution in [0.2, 0.25) is 0 Å². The number of rotatable bonds is 5. The summed E-state index contributed by atoms with van der Waals surface area (Å²) in [5, 5.41) is 13.9. The van der Waals surface area contributed by atoms with Crippen molar-refractivity contribution < 1.29 is 26.7 Å². The highest BCUT2D eigenvalue weighted by molar-refractivity contribution is 7.90.